The number of morpholine rings is 1. The molecule has 0 bridgehead atoms. The number of anilines is 2. The molecular formula is C24H33N3O4S. The number of amides is 1. The van der Waals surface area contributed by atoms with Crippen molar-refractivity contribution >= 4 is 27.3 Å². The van der Waals surface area contributed by atoms with Crippen molar-refractivity contribution in [2.24, 2.45) is 0 Å². The van der Waals surface area contributed by atoms with E-state index in [1.807, 2.05) is 24.3 Å². The Morgan fingerprint density at radius 3 is 2.25 bits per heavy atom. The molecule has 7 nitrogen and oxygen atoms in total. The van der Waals surface area contributed by atoms with Crippen molar-refractivity contribution in [3.8, 4) is 0 Å². The van der Waals surface area contributed by atoms with E-state index in [1.165, 1.54) is 15.9 Å². The van der Waals surface area contributed by atoms with E-state index in [2.05, 4.69) is 24.1 Å². The molecule has 0 unspecified atom stereocenters. The Bertz CT molecular complexity index is 1030. The van der Waals surface area contributed by atoms with E-state index in [4.69, 9.17) is 4.74 Å². The first-order chi connectivity index (χ1) is 15.3. The number of benzene rings is 2. The molecule has 2 aromatic carbocycles. The number of hydrogen-bond acceptors (Lipinski definition) is 5. The summed E-state index contributed by atoms with van der Waals surface area (Å²) < 4.78 is 33.0. The summed E-state index contributed by atoms with van der Waals surface area (Å²) in [6.45, 7) is 11.0. The highest BCUT2D eigenvalue weighted by Gasteiger charge is 2.26. The van der Waals surface area contributed by atoms with E-state index in [0.29, 0.717) is 62.2 Å². The normalized spacial score (nSPS) is 14.8. The quantitative estimate of drug-likeness (QED) is 0.647. The number of carbonyl (C=O) groups is 1. The van der Waals surface area contributed by atoms with Crippen LogP contribution in [-0.2, 0) is 14.8 Å². The van der Waals surface area contributed by atoms with Gasteiger partial charge in [-0.05, 0) is 41.8 Å². The number of nitrogens with one attached hydrogen (secondary N) is 1. The summed E-state index contributed by atoms with van der Waals surface area (Å²) in [6, 6.07) is 12.5. The molecular weight excluding hydrogens is 426 g/mol. The number of nitrogens with zero attached hydrogens (tertiary/aromatic N) is 2. The number of sulfonamides is 1. The second-order valence-corrected chi connectivity index (χ2v) is 10.0. The van der Waals surface area contributed by atoms with Crippen molar-refractivity contribution in [1.82, 2.24) is 4.31 Å². The zero-order valence-corrected chi connectivity index (χ0v) is 20.1. The van der Waals surface area contributed by atoms with Crippen LogP contribution in [0.15, 0.2) is 47.4 Å². The van der Waals surface area contributed by atoms with Gasteiger partial charge in [0.1, 0.15) is 0 Å². The van der Waals surface area contributed by atoms with E-state index in [9.17, 15) is 13.2 Å². The molecule has 0 saturated carbocycles. The molecule has 32 heavy (non-hydrogen) atoms. The first-order valence-electron chi connectivity index (χ1n) is 11.2. The summed E-state index contributed by atoms with van der Waals surface area (Å²) >= 11 is 0. The second kappa shape index (κ2) is 10.5. The van der Waals surface area contributed by atoms with Crippen LogP contribution in [0.1, 0.15) is 49.5 Å². The fourth-order valence-corrected chi connectivity index (χ4v) is 5.28. The van der Waals surface area contributed by atoms with Gasteiger partial charge in [-0.1, -0.05) is 39.8 Å². The maximum atomic E-state index is 13.3. The average molecular weight is 460 g/mol. The van der Waals surface area contributed by atoms with Gasteiger partial charge < -0.3 is 15.0 Å². The van der Waals surface area contributed by atoms with Gasteiger partial charge in [-0.3, -0.25) is 4.79 Å². The van der Waals surface area contributed by atoms with Crippen LogP contribution in [0.5, 0.6) is 0 Å². The van der Waals surface area contributed by atoms with Crippen LogP contribution >= 0.6 is 0 Å². The van der Waals surface area contributed by atoms with Crippen molar-refractivity contribution < 1.29 is 17.9 Å². The lowest BCUT2D eigenvalue weighted by atomic mass is 10.0. The van der Waals surface area contributed by atoms with E-state index in [0.717, 1.165) is 0 Å². The van der Waals surface area contributed by atoms with Crippen molar-refractivity contribution in [1.29, 1.82) is 0 Å². The van der Waals surface area contributed by atoms with Crippen LogP contribution in [-0.4, -0.2) is 58.0 Å². The Balaban J connectivity index is 1.98. The average Bonchev–Trinajstić information content (AvgIpc) is 2.80. The van der Waals surface area contributed by atoms with Crippen LogP contribution in [0.4, 0.5) is 11.4 Å². The molecule has 1 fully saturated rings. The maximum absolute atomic E-state index is 13.3. The molecule has 0 spiro atoms. The summed E-state index contributed by atoms with van der Waals surface area (Å²) in [6.07, 6.45) is 0. The highest BCUT2D eigenvalue weighted by molar-refractivity contribution is 7.89. The van der Waals surface area contributed by atoms with E-state index in [-0.39, 0.29) is 10.8 Å². The predicted molar refractivity (Wildman–Crippen MR) is 128 cm³/mol. The molecule has 1 amide bonds. The molecule has 0 aliphatic carbocycles. The SMILES string of the molecule is CCN(CC)S(=O)(=O)c1ccc(N2CCOCC2)c(C(=O)Nc2ccc(C(C)C)cc2)c1. The Morgan fingerprint density at radius 2 is 1.69 bits per heavy atom. The van der Waals surface area contributed by atoms with Gasteiger partial charge in [-0.2, -0.15) is 4.31 Å². The Kier molecular flexibility index (Phi) is 7.92. The van der Waals surface area contributed by atoms with Gasteiger partial charge in [0.2, 0.25) is 10.0 Å². The molecule has 1 aliphatic rings. The topological polar surface area (TPSA) is 79.0 Å². The molecule has 0 radical (unpaired) electrons. The Hall–Kier alpha value is -2.42. The van der Waals surface area contributed by atoms with Crippen LogP contribution in [0, 0.1) is 0 Å². The van der Waals surface area contributed by atoms with Crippen LogP contribution < -0.4 is 10.2 Å². The van der Waals surface area contributed by atoms with Crippen LogP contribution in [0.25, 0.3) is 0 Å². The summed E-state index contributed by atoms with van der Waals surface area (Å²) in [5.41, 5.74) is 2.91. The third-order valence-electron chi connectivity index (χ3n) is 5.74. The summed E-state index contributed by atoms with van der Waals surface area (Å²) in [5, 5.41) is 2.93. The highest BCUT2D eigenvalue weighted by atomic mass is 32.2. The predicted octanol–water partition coefficient (Wildman–Crippen LogP) is 3.93. The van der Waals surface area contributed by atoms with Gasteiger partial charge in [0.25, 0.3) is 5.91 Å². The molecule has 1 N–H and O–H groups in total. The molecule has 1 aliphatic heterocycles. The van der Waals surface area contributed by atoms with Gasteiger partial charge in [0.15, 0.2) is 0 Å². The highest BCUT2D eigenvalue weighted by Crippen LogP contribution is 2.28. The molecule has 8 heteroatoms. The number of carbonyl (C=O) groups excluding carboxylic acids is 1. The molecule has 1 saturated heterocycles. The number of ether oxygens (including phenoxy) is 1. The number of rotatable bonds is 8. The zero-order chi connectivity index (χ0) is 23.3. The standard InChI is InChI=1S/C24H33N3O4S/c1-5-27(6-2)32(29,30)21-11-12-23(26-13-15-31-16-14-26)22(17-21)24(28)25-20-9-7-19(8-10-20)18(3)4/h7-12,17-18H,5-6,13-16H2,1-4H3,(H,25,28). The van der Waals surface area contributed by atoms with E-state index >= 15 is 0 Å². The molecule has 3 rings (SSSR count). The maximum Gasteiger partial charge on any atom is 0.257 e. The smallest absolute Gasteiger partial charge is 0.257 e. The van der Waals surface area contributed by atoms with Crippen molar-refractivity contribution in [2.75, 3.05) is 49.6 Å². The second-order valence-electron chi connectivity index (χ2n) is 8.10. The lowest BCUT2D eigenvalue weighted by Crippen LogP contribution is -2.37. The molecule has 174 valence electrons. The Labute approximate surface area is 191 Å². The van der Waals surface area contributed by atoms with Gasteiger partial charge in [-0.25, -0.2) is 8.42 Å². The van der Waals surface area contributed by atoms with Crippen molar-refractivity contribution in [2.45, 2.75) is 38.5 Å². The lowest BCUT2D eigenvalue weighted by Gasteiger charge is -2.30. The minimum atomic E-state index is -3.68. The molecule has 1 heterocycles. The van der Waals surface area contributed by atoms with Gasteiger partial charge in [-0.15, -0.1) is 0 Å². The largest absolute Gasteiger partial charge is 0.378 e. The minimum absolute atomic E-state index is 0.124. The fourth-order valence-electron chi connectivity index (χ4n) is 3.80. The van der Waals surface area contributed by atoms with E-state index in [1.54, 1.807) is 26.0 Å². The Morgan fingerprint density at radius 1 is 1.06 bits per heavy atom. The van der Waals surface area contributed by atoms with Crippen LogP contribution in [0.2, 0.25) is 0 Å². The molecule has 2 aromatic rings. The van der Waals surface area contributed by atoms with Gasteiger partial charge in [0, 0.05) is 37.6 Å². The van der Waals surface area contributed by atoms with Crippen molar-refractivity contribution in [3.05, 3.63) is 53.6 Å². The van der Waals surface area contributed by atoms with Crippen LogP contribution in [0.3, 0.4) is 0 Å². The minimum Gasteiger partial charge on any atom is -0.378 e. The molecule has 0 atom stereocenters. The summed E-state index contributed by atoms with van der Waals surface area (Å²) in [4.78, 5) is 15.5. The first kappa shape index (κ1) is 24.2. The third-order valence-corrected chi connectivity index (χ3v) is 7.79. The zero-order valence-electron chi connectivity index (χ0n) is 19.3. The van der Waals surface area contributed by atoms with Gasteiger partial charge >= 0.3 is 0 Å². The monoisotopic (exact) mass is 459 g/mol. The fraction of sp³-hybridized carbons (Fsp3) is 0.458. The molecule has 0 aromatic heterocycles. The van der Waals surface area contributed by atoms with E-state index < -0.39 is 10.0 Å². The summed E-state index contributed by atoms with van der Waals surface area (Å²) in [5.74, 6) is 0.0648. The van der Waals surface area contributed by atoms with Gasteiger partial charge in [0.05, 0.1) is 23.7 Å². The number of hydrogen-bond donors (Lipinski definition) is 1. The lowest BCUT2D eigenvalue weighted by molar-refractivity contribution is 0.102. The third kappa shape index (κ3) is 5.31. The summed E-state index contributed by atoms with van der Waals surface area (Å²) in [7, 11) is -3.68. The first-order valence-corrected chi connectivity index (χ1v) is 12.6. The van der Waals surface area contributed by atoms with Crippen molar-refractivity contribution in [3.63, 3.8) is 0 Å².